The topological polar surface area (TPSA) is 133 Å². The molecule has 0 heterocycles. The Morgan fingerprint density at radius 1 is 1.19 bits per heavy atom. The molecule has 1 aromatic carbocycles. The third kappa shape index (κ3) is 12.4. The zero-order valence-electron chi connectivity index (χ0n) is 16.9. The van der Waals surface area contributed by atoms with E-state index in [4.69, 9.17) is 9.29 Å². The highest BCUT2D eigenvalue weighted by Gasteiger charge is 2.25. The van der Waals surface area contributed by atoms with Crippen molar-refractivity contribution in [2.24, 2.45) is 5.41 Å². The minimum absolute atomic E-state index is 0.0969. The number of nitrogens with one attached hydrogen (secondary N) is 1. The number of phenolic OH excluding ortho intramolecular Hbond substituents is 1. The van der Waals surface area contributed by atoms with Crippen molar-refractivity contribution >= 4 is 16.1 Å². The maximum absolute atomic E-state index is 11.8. The van der Waals surface area contributed by atoms with Crippen LogP contribution in [0.25, 0.3) is 0 Å². The quantitative estimate of drug-likeness (QED) is 0.341. The lowest BCUT2D eigenvalue weighted by Crippen LogP contribution is -2.38. The molecular formula is C18H31NO7S. The Hall–Kier alpha value is -1.68. The number of β-amino-alcohol motifs (C(OH)–C–C–N with tert-alkyl or cyclic N) is 1. The number of rotatable bonds is 4. The number of hydrogen-bond acceptors (Lipinski definition) is 7. The fraction of sp³-hybridized carbons (Fsp3) is 0.611. The number of esters is 1. The summed E-state index contributed by atoms with van der Waals surface area (Å²) >= 11 is 0. The molecule has 4 N–H and O–H groups in total. The van der Waals surface area contributed by atoms with Crippen molar-refractivity contribution in [3.05, 3.63) is 23.8 Å². The second-order valence-electron chi connectivity index (χ2n) is 8.25. The molecule has 0 amide bonds. The van der Waals surface area contributed by atoms with E-state index >= 15 is 0 Å². The molecule has 0 fully saturated rings. The zero-order chi connectivity index (χ0) is 21.6. The number of aliphatic hydroxyl groups excluding tert-OH is 1. The van der Waals surface area contributed by atoms with Crippen LogP contribution in [-0.2, 0) is 14.9 Å². The van der Waals surface area contributed by atoms with Gasteiger partial charge in [0.05, 0.1) is 17.8 Å². The van der Waals surface area contributed by atoms with Gasteiger partial charge in [0.25, 0.3) is 10.1 Å². The number of hydrogen-bond donors (Lipinski definition) is 4. The molecule has 0 bridgehead atoms. The Balaban J connectivity index is 0.00000119. The first-order chi connectivity index (χ1) is 11.9. The highest BCUT2D eigenvalue weighted by atomic mass is 32.2. The minimum atomic E-state index is -3.67. The summed E-state index contributed by atoms with van der Waals surface area (Å²) in [7, 11) is -3.67. The van der Waals surface area contributed by atoms with E-state index in [0.29, 0.717) is 18.4 Å². The van der Waals surface area contributed by atoms with E-state index in [1.54, 1.807) is 26.8 Å². The molecule has 0 radical (unpaired) electrons. The Morgan fingerprint density at radius 2 is 1.67 bits per heavy atom. The van der Waals surface area contributed by atoms with Gasteiger partial charge < -0.3 is 20.3 Å². The molecular weight excluding hydrogens is 374 g/mol. The molecule has 1 unspecified atom stereocenters. The number of carbonyl (C=O) groups excluding carboxylic acids is 1. The van der Waals surface area contributed by atoms with Crippen molar-refractivity contribution in [2.45, 2.75) is 53.2 Å². The van der Waals surface area contributed by atoms with E-state index in [0.717, 1.165) is 0 Å². The normalized spacial score (nSPS) is 13.4. The number of benzene rings is 1. The first-order valence-electron chi connectivity index (χ1n) is 8.31. The van der Waals surface area contributed by atoms with E-state index in [1.165, 1.54) is 12.1 Å². The van der Waals surface area contributed by atoms with Crippen LogP contribution in [0.5, 0.6) is 11.5 Å². The lowest BCUT2D eigenvalue weighted by Gasteiger charge is -2.23. The van der Waals surface area contributed by atoms with Crippen LogP contribution in [0.2, 0.25) is 0 Å². The molecule has 8 nitrogen and oxygen atoms in total. The fourth-order valence-electron chi connectivity index (χ4n) is 1.60. The van der Waals surface area contributed by atoms with Gasteiger partial charge in [-0.05, 0) is 59.2 Å². The molecule has 9 heteroatoms. The summed E-state index contributed by atoms with van der Waals surface area (Å²) in [4.78, 5) is 11.8. The van der Waals surface area contributed by atoms with Crippen LogP contribution < -0.4 is 10.1 Å². The number of ether oxygens (including phenoxy) is 1. The second-order valence-corrected chi connectivity index (χ2v) is 9.71. The van der Waals surface area contributed by atoms with Crippen molar-refractivity contribution in [1.29, 1.82) is 0 Å². The van der Waals surface area contributed by atoms with Gasteiger partial charge in [-0.1, -0.05) is 6.07 Å². The summed E-state index contributed by atoms with van der Waals surface area (Å²) in [6.07, 6.45) is -0.0370. The lowest BCUT2D eigenvalue weighted by molar-refractivity contribution is -0.143. The monoisotopic (exact) mass is 405 g/mol. The molecule has 1 rings (SSSR count). The fourth-order valence-corrected chi connectivity index (χ4v) is 1.60. The number of aliphatic hydroxyl groups is 1. The van der Waals surface area contributed by atoms with Gasteiger partial charge in [0.15, 0.2) is 11.5 Å². The van der Waals surface area contributed by atoms with Gasteiger partial charge in [-0.25, -0.2) is 0 Å². The van der Waals surface area contributed by atoms with Crippen molar-refractivity contribution in [1.82, 2.24) is 5.32 Å². The van der Waals surface area contributed by atoms with Gasteiger partial charge in [-0.15, -0.1) is 0 Å². The molecule has 27 heavy (non-hydrogen) atoms. The maximum atomic E-state index is 11.8. The summed E-state index contributed by atoms with van der Waals surface area (Å²) in [6.45, 7) is 11.6. The molecule has 0 spiro atoms. The molecule has 1 aromatic rings. The predicted octanol–water partition coefficient (Wildman–Crippen LogP) is 2.27. The van der Waals surface area contributed by atoms with Crippen LogP contribution in [0.3, 0.4) is 0 Å². The molecule has 0 aliphatic rings. The van der Waals surface area contributed by atoms with Crippen LogP contribution in [0, 0.1) is 5.41 Å². The van der Waals surface area contributed by atoms with E-state index in [2.05, 4.69) is 5.32 Å². The van der Waals surface area contributed by atoms with Gasteiger partial charge in [0.2, 0.25) is 0 Å². The van der Waals surface area contributed by atoms with Gasteiger partial charge >= 0.3 is 5.97 Å². The van der Waals surface area contributed by atoms with E-state index < -0.39 is 27.6 Å². The van der Waals surface area contributed by atoms with Crippen molar-refractivity contribution in [3.63, 3.8) is 0 Å². The summed E-state index contributed by atoms with van der Waals surface area (Å²) in [5, 5.41) is 23.3. The number of carbonyl (C=O) groups is 1. The Labute approximate surface area is 161 Å². The van der Waals surface area contributed by atoms with Crippen LogP contribution in [0.15, 0.2) is 18.2 Å². The molecule has 0 aliphatic carbocycles. The van der Waals surface area contributed by atoms with Gasteiger partial charge in [-0.3, -0.25) is 9.35 Å². The Morgan fingerprint density at radius 3 is 2.04 bits per heavy atom. The SMILES string of the molecule is CC(C)(C)NCC(O)c1ccc(OC(=O)C(C)(C)C)c(O)c1.CS(=O)(=O)O. The van der Waals surface area contributed by atoms with Crippen molar-refractivity contribution < 1.29 is 32.7 Å². The molecule has 156 valence electrons. The third-order valence-electron chi connectivity index (χ3n) is 3.01. The van der Waals surface area contributed by atoms with Crippen LogP contribution in [0.4, 0.5) is 0 Å². The van der Waals surface area contributed by atoms with Crippen LogP contribution >= 0.6 is 0 Å². The third-order valence-corrected chi connectivity index (χ3v) is 3.01. The molecule has 0 saturated heterocycles. The van der Waals surface area contributed by atoms with E-state index in [9.17, 15) is 23.4 Å². The van der Waals surface area contributed by atoms with Crippen LogP contribution in [0.1, 0.15) is 53.2 Å². The average molecular weight is 406 g/mol. The molecule has 1 atom stereocenters. The van der Waals surface area contributed by atoms with Gasteiger partial charge in [0, 0.05) is 12.1 Å². The highest BCUT2D eigenvalue weighted by Crippen LogP contribution is 2.31. The number of aromatic hydroxyl groups is 1. The van der Waals surface area contributed by atoms with Gasteiger partial charge in [0.1, 0.15) is 0 Å². The Bertz CT molecular complexity index is 723. The van der Waals surface area contributed by atoms with Gasteiger partial charge in [-0.2, -0.15) is 8.42 Å². The standard InChI is InChI=1S/C17H27NO4.CH4O3S/c1-16(2,3)15(21)22-14-8-7-11(9-12(14)19)13(20)10-18-17(4,5)6;1-5(2,3)4/h7-9,13,18-20H,10H2,1-6H3;1H3,(H,2,3,4). The summed E-state index contributed by atoms with van der Waals surface area (Å²) in [5.41, 5.74) is -0.197. The summed E-state index contributed by atoms with van der Waals surface area (Å²) in [5.74, 6) is -0.491. The predicted molar refractivity (Wildman–Crippen MR) is 103 cm³/mol. The average Bonchev–Trinajstić information content (AvgIpc) is 2.43. The number of phenols is 1. The molecule has 0 aromatic heterocycles. The van der Waals surface area contributed by atoms with E-state index in [-0.39, 0.29) is 17.0 Å². The smallest absolute Gasteiger partial charge is 0.316 e. The first kappa shape index (κ1) is 25.3. The summed E-state index contributed by atoms with van der Waals surface area (Å²) in [6, 6.07) is 4.55. The first-order valence-corrected chi connectivity index (χ1v) is 10.2. The van der Waals surface area contributed by atoms with Crippen molar-refractivity contribution in [2.75, 3.05) is 12.8 Å². The Kier molecular flexibility index (Phi) is 8.91. The second kappa shape index (κ2) is 9.50. The van der Waals surface area contributed by atoms with Crippen LogP contribution in [-0.4, -0.2) is 47.5 Å². The van der Waals surface area contributed by atoms with Crippen molar-refractivity contribution in [3.8, 4) is 11.5 Å². The van der Waals surface area contributed by atoms with E-state index in [1.807, 2.05) is 20.8 Å². The highest BCUT2D eigenvalue weighted by molar-refractivity contribution is 7.85. The zero-order valence-corrected chi connectivity index (χ0v) is 17.7. The molecule has 0 aliphatic heterocycles. The maximum Gasteiger partial charge on any atom is 0.316 e. The summed E-state index contributed by atoms with van der Waals surface area (Å²) < 4.78 is 31.0. The minimum Gasteiger partial charge on any atom is -0.504 e. The molecule has 0 saturated carbocycles. The largest absolute Gasteiger partial charge is 0.504 e. The lowest BCUT2D eigenvalue weighted by atomic mass is 9.97.